The van der Waals surface area contributed by atoms with Crippen LogP contribution in [0.2, 0.25) is 0 Å². The molecule has 0 aliphatic carbocycles. The fourth-order valence-electron chi connectivity index (χ4n) is 5.49. The minimum absolute atomic E-state index is 1.15. The van der Waals surface area contributed by atoms with Gasteiger partial charge in [0.15, 0.2) is 0 Å². The highest BCUT2D eigenvalue weighted by molar-refractivity contribution is 4.72. The third-order valence-corrected chi connectivity index (χ3v) is 8.16. The summed E-state index contributed by atoms with van der Waals surface area (Å²) < 4.78 is 0. The normalized spacial score (nSPS) is 15.3. The van der Waals surface area contributed by atoms with E-state index in [0.29, 0.717) is 0 Å². The summed E-state index contributed by atoms with van der Waals surface area (Å²) in [7, 11) is 0. The summed E-state index contributed by atoms with van der Waals surface area (Å²) in [6, 6.07) is 0. The molecule has 0 spiro atoms. The third kappa shape index (κ3) is 20.8. The van der Waals surface area contributed by atoms with E-state index in [1.807, 2.05) is 0 Å². The molecule has 36 heavy (non-hydrogen) atoms. The number of unbranched alkanes of at least 4 members (excludes halogenated alkanes) is 15. The molecule has 0 aromatic rings. The third-order valence-electron chi connectivity index (χ3n) is 8.16. The van der Waals surface area contributed by atoms with Crippen molar-refractivity contribution in [2.24, 2.45) is 0 Å². The molecule has 4 nitrogen and oxygen atoms in total. The standard InChI is InChI=1S/C32H68N4/c1-4-7-10-12-14-16-18-20-25-34(26-21-19-17-15-13-11-8-5-2)27-22-33-23-28-36-31-29-35(30-32-36)24-9-6-3/h33H,4-32H2,1-3H3. The van der Waals surface area contributed by atoms with Gasteiger partial charge < -0.3 is 15.1 Å². The average molecular weight is 509 g/mol. The van der Waals surface area contributed by atoms with Crippen molar-refractivity contribution in [2.45, 2.75) is 136 Å². The zero-order chi connectivity index (χ0) is 25.9. The van der Waals surface area contributed by atoms with Gasteiger partial charge in [-0.2, -0.15) is 0 Å². The Morgan fingerprint density at radius 2 is 0.861 bits per heavy atom. The average Bonchev–Trinajstić information content (AvgIpc) is 2.90. The molecule has 0 saturated carbocycles. The zero-order valence-corrected chi connectivity index (χ0v) is 25.3. The summed E-state index contributed by atoms with van der Waals surface area (Å²) in [5.41, 5.74) is 0. The minimum atomic E-state index is 1.15. The Balaban J connectivity index is 2.14. The van der Waals surface area contributed by atoms with E-state index in [2.05, 4.69) is 40.8 Å². The second-order valence-corrected chi connectivity index (χ2v) is 11.6. The number of piperazine rings is 1. The van der Waals surface area contributed by atoms with Crippen molar-refractivity contribution in [1.29, 1.82) is 0 Å². The first-order valence-corrected chi connectivity index (χ1v) is 16.7. The van der Waals surface area contributed by atoms with Crippen LogP contribution < -0.4 is 5.32 Å². The fourth-order valence-corrected chi connectivity index (χ4v) is 5.49. The van der Waals surface area contributed by atoms with Gasteiger partial charge in [-0.25, -0.2) is 0 Å². The lowest BCUT2D eigenvalue weighted by molar-refractivity contribution is 0.131. The van der Waals surface area contributed by atoms with E-state index in [1.165, 1.54) is 174 Å². The van der Waals surface area contributed by atoms with E-state index in [-0.39, 0.29) is 0 Å². The second kappa shape index (κ2) is 26.4. The molecule has 4 heteroatoms. The van der Waals surface area contributed by atoms with Gasteiger partial charge in [-0.05, 0) is 38.9 Å². The topological polar surface area (TPSA) is 21.8 Å². The molecule has 1 rings (SSSR count). The highest BCUT2D eigenvalue weighted by Crippen LogP contribution is 2.11. The Morgan fingerprint density at radius 3 is 1.33 bits per heavy atom. The Hall–Kier alpha value is -0.160. The summed E-state index contributed by atoms with van der Waals surface area (Å²) >= 11 is 0. The van der Waals surface area contributed by atoms with E-state index in [0.717, 1.165) is 13.1 Å². The van der Waals surface area contributed by atoms with Crippen molar-refractivity contribution >= 4 is 0 Å². The number of rotatable bonds is 27. The van der Waals surface area contributed by atoms with Gasteiger partial charge in [0.2, 0.25) is 0 Å². The highest BCUT2D eigenvalue weighted by atomic mass is 15.3. The molecule has 0 radical (unpaired) electrons. The second-order valence-electron chi connectivity index (χ2n) is 11.6. The Kier molecular flexibility index (Phi) is 24.9. The van der Waals surface area contributed by atoms with E-state index in [9.17, 15) is 0 Å². The molecule has 0 unspecified atom stereocenters. The fraction of sp³-hybridized carbons (Fsp3) is 1.00. The van der Waals surface area contributed by atoms with Crippen molar-refractivity contribution in [1.82, 2.24) is 20.0 Å². The van der Waals surface area contributed by atoms with Gasteiger partial charge >= 0.3 is 0 Å². The maximum absolute atomic E-state index is 3.77. The molecule has 1 N–H and O–H groups in total. The summed E-state index contributed by atoms with van der Waals surface area (Å²) in [6.07, 6.45) is 25.5. The van der Waals surface area contributed by atoms with Crippen LogP contribution >= 0.6 is 0 Å². The summed E-state index contributed by atoms with van der Waals surface area (Å²) in [4.78, 5) is 8.09. The number of hydrogen-bond donors (Lipinski definition) is 1. The van der Waals surface area contributed by atoms with Crippen LogP contribution in [-0.4, -0.2) is 86.7 Å². The van der Waals surface area contributed by atoms with E-state index in [4.69, 9.17) is 0 Å². The molecule has 0 bridgehead atoms. The summed E-state index contributed by atoms with van der Waals surface area (Å²) in [5.74, 6) is 0. The van der Waals surface area contributed by atoms with Crippen molar-refractivity contribution < 1.29 is 0 Å². The molecule has 0 amide bonds. The molecular formula is C32H68N4. The molecule has 0 aromatic heterocycles. The molecule has 1 aliphatic heterocycles. The number of hydrogen-bond acceptors (Lipinski definition) is 4. The maximum Gasteiger partial charge on any atom is 0.0110 e. The molecule has 0 aromatic carbocycles. The van der Waals surface area contributed by atoms with Crippen molar-refractivity contribution in [3.63, 3.8) is 0 Å². The lowest BCUT2D eigenvalue weighted by Gasteiger charge is -2.34. The van der Waals surface area contributed by atoms with Crippen LogP contribution in [0.1, 0.15) is 136 Å². The van der Waals surface area contributed by atoms with E-state index < -0.39 is 0 Å². The van der Waals surface area contributed by atoms with Gasteiger partial charge in [-0.15, -0.1) is 0 Å². The van der Waals surface area contributed by atoms with Crippen LogP contribution in [0.25, 0.3) is 0 Å². The van der Waals surface area contributed by atoms with Gasteiger partial charge in [0, 0.05) is 52.4 Å². The molecule has 1 aliphatic rings. The summed E-state index contributed by atoms with van der Waals surface area (Å²) in [6.45, 7) is 20.7. The first-order valence-electron chi connectivity index (χ1n) is 16.7. The van der Waals surface area contributed by atoms with Gasteiger partial charge in [0.25, 0.3) is 0 Å². The Bertz CT molecular complexity index is 402. The van der Waals surface area contributed by atoms with Crippen molar-refractivity contribution in [3.8, 4) is 0 Å². The van der Waals surface area contributed by atoms with Gasteiger partial charge in [0.1, 0.15) is 0 Å². The van der Waals surface area contributed by atoms with E-state index >= 15 is 0 Å². The smallest absolute Gasteiger partial charge is 0.0110 e. The van der Waals surface area contributed by atoms with Crippen molar-refractivity contribution in [2.75, 3.05) is 72.0 Å². The lowest BCUT2D eigenvalue weighted by Crippen LogP contribution is -2.48. The van der Waals surface area contributed by atoms with Gasteiger partial charge in [0.05, 0.1) is 0 Å². The Morgan fingerprint density at radius 1 is 0.444 bits per heavy atom. The van der Waals surface area contributed by atoms with E-state index in [1.54, 1.807) is 0 Å². The maximum atomic E-state index is 3.77. The van der Waals surface area contributed by atoms with Crippen LogP contribution in [-0.2, 0) is 0 Å². The van der Waals surface area contributed by atoms with Crippen LogP contribution in [0.4, 0.5) is 0 Å². The van der Waals surface area contributed by atoms with Crippen LogP contribution in [0, 0.1) is 0 Å². The lowest BCUT2D eigenvalue weighted by atomic mass is 10.1. The Labute approximate surface area is 228 Å². The first-order chi connectivity index (χ1) is 17.8. The molecule has 1 fully saturated rings. The predicted molar refractivity (Wildman–Crippen MR) is 162 cm³/mol. The van der Waals surface area contributed by atoms with Crippen LogP contribution in [0.3, 0.4) is 0 Å². The van der Waals surface area contributed by atoms with Crippen molar-refractivity contribution in [3.05, 3.63) is 0 Å². The van der Waals surface area contributed by atoms with Crippen LogP contribution in [0.5, 0.6) is 0 Å². The monoisotopic (exact) mass is 509 g/mol. The quantitative estimate of drug-likeness (QED) is 0.115. The number of nitrogens with one attached hydrogen (secondary N) is 1. The minimum Gasteiger partial charge on any atom is -0.314 e. The molecule has 1 saturated heterocycles. The largest absolute Gasteiger partial charge is 0.314 e. The number of nitrogens with zero attached hydrogens (tertiary/aromatic N) is 3. The van der Waals surface area contributed by atoms with Crippen LogP contribution in [0.15, 0.2) is 0 Å². The summed E-state index contributed by atoms with van der Waals surface area (Å²) in [5, 5.41) is 3.77. The predicted octanol–water partition coefficient (Wildman–Crippen LogP) is 7.58. The van der Waals surface area contributed by atoms with Gasteiger partial charge in [-0.3, -0.25) is 4.90 Å². The van der Waals surface area contributed by atoms with Gasteiger partial charge in [-0.1, -0.05) is 117 Å². The molecule has 1 heterocycles. The zero-order valence-electron chi connectivity index (χ0n) is 25.3. The molecule has 216 valence electrons. The first kappa shape index (κ1) is 33.9. The molecule has 0 atom stereocenters. The molecular weight excluding hydrogens is 440 g/mol. The highest BCUT2D eigenvalue weighted by Gasteiger charge is 2.15. The SMILES string of the molecule is CCCCCCCCCCN(CCCCCCCCCC)CCNCCN1CCN(CCCC)CC1.